The van der Waals surface area contributed by atoms with Crippen molar-refractivity contribution in [2.45, 2.75) is 13.3 Å². The first kappa shape index (κ1) is 10.1. The molecular weight excluding hydrogens is 212 g/mol. The van der Waals surface area contributed by atoms with E-state index in [1.807, 2.05) is 49.4 Å². The Morgan fingerprint density at radius 3 is 2.71 bits per heavy atom. The smallest absolute Gasteiger partial charge is 0.189 e. The fourth-order valence-corrected chi connectivity index (χ4v) is 2.17. The van der Waals surface area contributed by atoms with E-state index in [0.717, 1.165) is 28.2 Å². The highest BCUT2D eigenvalue weighted by Gasteiger charge is 2.24. The first-order valence-electron chi connectivity index (χ1n) is 5.63. The van der Waals surface area contributed by atoms with Gasteiger partial charge in [-0.05, 0) is 30.7 Å². The minimum absolute atomic E-state index is 0.120. The van der Waals surface area contributed by atoms with Gasteiger partial charge in [-0.1, -0.05) is 24.3 Å². The predicted octanol–water partition coefficient (Wildman–Crippen LogP) is 3.41. The van der Waals surface area contributed by atoms with Crippen LogP contribution in [0.4, 0.5) is 0 Å². The molecule has 0 aliphatic heterocycles. The Labute approximate surface area is 99.6 Å². The van der Waals surface area contributed by atoms with Crippen LogP contribution >= 0.6 is 0 Å². The molecule has 0 saturated heterocycles. The summed E-state index contributed by atoms with van der Waals surface area (Å²) in [6.45, 7) is 1.90. The number of Topliss-reactive ketones (excluding diaryl/α,β-unsaturated/α-hetero) is 1. The molecule has 0 fully saturated rings. The summed E-state index contributed by atoms with van der Waals surface area (Å²) in [5, 5.41) is 0. The molecule has 2 nitrogen and oxygen atoms in total. The summed E-state index contributed by atoms with van der Waals surface area (Å²) >= 11 is 0. The molecule has 0 radical (unpaired) electrons. The summed E-state index contributed by atoms with van der Waals surface area (Å²) in [5.74, 6) is 1.73. The molecule has 0 bridgehead atoms. The number of carbonyl (C=O) groups excluding carboxylic acids is 1. The molecule has 1 aromatic carbocycles. The van der Waals surface area contributed by atoms with Crippen molar-refractivity contribution in [3.8, 4) is 0 Å². The Morgan fingerprint density at radius 1 is 1.18 bits per heavy atom. The number of rotatable bonds is 1. The van der Waals surface area contributed by atoms with Crippen LogP contribution in [0.3, 0.4) is 0 Å². The molecule has 1 heterocycles. The minimum Gasteiger partial charge on any atom is -0.462 e. The van der Waals surface area contributed by atoms with Crippen molar-refractivity contribution in [1.29, 1.82) is 0 Å². The lowest BCUT2D eigenvalue weighted by molar-refractivity contribution is 0.104. The fourth-order valence-electron chi connectivity index (χ4n) is 2.17. The molecule has 0 atom stereocenters. The van der Waals surface area contributed by atoms with Gasteiger partial charge in [-0.3, -0.25) is 4.79 Å². The second-order valence-electron chi connectivity index (χ2n) is 4.28. The highest BCUT2D eigenvalue weighted by Crippen LogP contribution is 2.27. The minimum atomic E-state index is 0.120. The van der Waals surface area contributed by atoms with Gasteiger partial charge in [0.15, 0.2) is 5.78 Å². The van der Waals surface area contributed by atoms with Crippen LogP contribution in [0.25, 0.3) is 6.08 Å². The lowest BCUT2D eigenvalue weighted by Gasteiger charge is -1.92. The molecule has 1 aliphatic rings. The highest BCUT2D eigenvalue weighted by atomic mass is 16.3. The molecule has 0 unspecified atom stereocenters. The average Bonchev–Trinajstić information content (AvgIpc) is 2.86. The molecule has 2 aromatic rings. The van der Waals surface area contributed by atoms with Gasteiger partial charge in [-0.2, -0.15) is 0 Å². The van der Waals surface area contributed by atoms with Gasteiger partial charge in [0.2, 0.25) is 0 Å². The van der Waals surface area contributed by atoms with Gasteiger partial charge in [-0.15, -0.1) is 0 Å². The lowest BCUT2D eigenvalue weighted by Crippen LogP contribution is -1.94. The van der Waals surface area contributed by atoms with Gasteiger partial charge < -0.3 is 4.42 Å². The maximum Gasteiger partial charge on any atom is 0.189 e. The van der Waals surface area contributed by atoms with Crippen LogP contribution in [-0.4, -0.2) is 5.78 Å². The van der Waals surface area contributed by atoms with Gasteiger partial charge in [0.05, 0.1) is 0 Å². The van der Waals surface area contributed by atoms with Crippen molar-refractivity contribution in [2.75, 3.05) is 0 Å². The quantitative estimate of drug-likeness (QED) is 0.695. The molecule has 2 heteroatoms. The molecule has 1 aliphatic carbocycles. The summed E-state index contributed by atoms with van der Waals surface area (Å²) in [4.78, 5) is 12.1. The Morgan fingerprint density at radius 2 is 2.00 bits per heavy atom. The second-order valence-corrected chi connectivity index (χ2v) is 4.28. The molecule has 84 valence electrons. The largest absolute Gasteiger partial charge is 0.462 e. The molecule has 0 amide bonds. The normalized spacial score (nSPS) is 16.5. The first-order chi connectivity index (χ1) is 8.24. The zero-order valence-electron chi connectivity index (χ0n) is 9.57. The number of furan rings is 1. The molecule has 0 saturated carbocycles. The van der Waals surface area contributed by atoms with E-state index in [2.05, 4.69) is 0 Å². The highest BCUT2D eigenvalue weighted by molar-refractivity contribution is 6.15. The Balaban J connectivity index is 1.99. The van der Waals surface area contributed by atoms with E-state index in [1.165, 1.54) is 0 Å². The van der Waals surface area contributed by atoms with Gasteiger partial charge in [-0.25, -0.2) is 0 Å². The summed E-state index contributed by atoms with van der Waals surface area (Å²) in [7, 11) is 0. The van der Waals surface area contributed by atoms with E-state index in [0.29, 0.717) is 6.42 Å². The summed E-state index contributed by atoms with van der Waals surface area (Å²) in [6.07, 6.45) is 2.55. The lowest BCUT2D eigenvalue weighted by atomic mass is 10.1. The topological polar surface area (TPSA) is 30.2 Å². The monoisotopic (exact) mass is 224 g/mol. The summed E-state index contributed by atoms with van der Waals surface area (Å²) in [5.41, 5.74) is 2.73. The van der Waals surface area contributed by atoms with Gasteiger partial charge in [0.1, 0.15) is 11.5 Å². The summed E-state index contributed by atoms with van der Waals surface area (Å²) in [6, 6.07) is 11.5. The number of benzene rings is 1. The Kier molecular flexibility index (Phi) is 2.22. The van der Waals surface area contributed by atoms with Gasteiger partial charge in [0, 0.05) is 17.6 Å². The zero-order chi connectivity index (χ0) is 11.8. The fraction of sp³-hybridized carbons (Fsp3) is 0.133. The molecule has 1 aromatic heterocycles. The third-order valence-electron chi connectivity index (χ3n) is 3.01. The van der Waals surface area contributed by atoms with Gasteiger partial charge >= 0.3 is 0 Å². The maximum atomic E-state index is 12.1. The number of hydrogen-bond donors (Lipinski definition) is 0. The second kappa shape index (κ2) is 3.74. The van der Waals surface area contributed by atoms with Crippen molar-refractivity contribution in [1.82, 2.24) is 0 Å². The van der Waals surface area contributed by atoms with Crippen LogP contribution in [0.2, 0.25) is 0 Å². The molecule has 0 spiro atoms. The first-order valence-corrected chi connectivity index (χ1v) is 5.63. The van der Waals surface area contributed by atoms with Crippen molar-refractivity contribution in [3.05, 3.63) is 64.6 Å². The number of ketones is 1. The molecule has 0 N–H and O–H groups in total. The van der Waals surface area contributed by atoms with E-state index >= 15 is 0 Å². The van der Waals surface area contributed by atoms with E-state index < -0.39 is 0 Å². The van der Waals surface area contributed by atoms with Crippen LogP contribution in [0.5, 0.6) is 0 Å². The van der Waals surface area contributed by atoms with Gasteiger partial charge in [0.25, 0.3) is 0 Å². The maximum absolute atomic E-state index is 12.1. The van der Waals surface area contributed by atoms with E-state index in [9.17, 15) is 4.79 Å². The predicted molar refractivity (Wildman–Crippen MR) is 65.9 cm³/mol. The van der Waals surface area contributed by atoms with Crippen LogP contribution < -0.4 is 0 Å². The van der Waals surface area contributed by atoms with Crippen LogP contribution in [0.1, 0.15) is 27.4 Å². The van der Waals surface area contributed by atoms with Crippen LogP contribution in [-0.2, 0) is 6.42 Å². The van der Waals surface area contributed by atoms with Crippen molar-refractivity contribution in [3.63, 3.8) is 0 Å². The average molecular weight is 224 g/mol. The van der Waals surface area contributed by atoms with E-state index in [-0.39, 0.29) is 5.78 Å². The Hall–Kier alpha value is -2.09. The summed E-state index contributed by atoms with van der Waals surface area (Å²) < 4.78 is 5.46. The van der Waals surface area contributed by atoms with E-state index in [1.54, 1.807) is 0 Å². The third kappa shape index (κ3) is 1.72. The number of carbonyl (C=O) groups is 1. The Bertz CT molecular complexity index is 617. The van der Waals surface area contributed by atoms with Crippen LogP contribution in [0, 0.1) is 6.92 Å². The number of aryl methyl sites for hydroxylation is 1. The SMILES string of the molecule is Cc1ccc(C=C2Cc3ccccc3C2=O)o1. The third-order valence-corrected chi connectivity index (χ3v) is 3.01. The van der Waals surface area contributed by atoms with Crippen LogP contribution in [0.15, 0.2) is 46.4 Å². The number of fused-ring (bicyclic) bond motifs is 1. The number of allylic oxidation sites excluding steroid dienone is 1. The zero-order valence-corrected chi connectivity index (χ0v) is 9.57. The molecule has 17 heavy (non-hydrogen) atoms. The van der Waals surface area contributed by atoms with E-state index in [4.69, 9.17) is 4.42 Å². The van der Waals surface area contributed by atoms with Crippen molar-refractivity contribution in [2.24, 2.45) is 0 Å². The number of hydrogen-bond acceptors (Lipinski definition) is 2. The van der Waals surface area contributed by atoms with Crippen molar-refractivity contribution >= 4 is 11.9 Å². The molecular formula is C15H12O2. The standard InChI is InChI=1S/C15H12O2/c1-10-6-7-13(17-10)9-12-8-11-4-2-3-5-14(11)15(12)16/h2-7,9H,8H2,1H3. The van der Waals surface area contributed by atoms with Crippen molar-refractivity contribution < 1.29 is 9.21 Å². The molecule has 3 rings (SSSR count).